The second kappa shape index (κ2) is 36.5. The highest BCUT2D eigenvalue weighted by atomic mass is 31.2. The number of phosphoric ester groups is 1. The fourth-order valence-electron chi connectivity index (χ4n) is 5.50. The van der Waals surface area contributed by atoms with Crippen molar-refractivity contribution in [3.05, 3.63) is 85.1 Å². The molecule has 1 rings (SSSR count). The zero-order valence-corrected chi connectivity index (χ0v) is 36.6. The maximum absolute atomic E-state index is 12.6. The first-order valence-corrected chi connectivity index (χ1v) is 23.2. The number of carbonyl (C=O) groups excluding carboxylic acids is 2. The summed E-state index contributed by atoms with van der Waals surface area (Å²) in [5, 5.41) is 8.90. The Balaban J connectivity index is 2.36. The molecule has 334 valence electrons. The van der Waals surface area contributed by atoms with Gasteiger partial charge in [0, 0.05) is 12.8 Å². The quantitative estimate of drug-likeness (QED) is 0.0176. The smallest absolute Gasteiger partial charge is 0.472 e. The van der Waals surface area contributed by atoms with Gasteiger partial charge >= 0.3 is 25.7 Å². The highest BCUT2D eigenvalue weighted by molar-refractivity contribution is 7.47. The Morgan fingerprint density at radius 2 is 1.12 bits per heavy atom. The highest BCUT2D eigenvalue weighted by Crippen LogP contribution is 2.43. The molecule has 0 aliphatic carbocycles. The molecule has 1 heterocycles. The van der Waals surface area contributed by atoms with E-state index in [0.29, 0.717) is 19.3 Å². The fraction of sp³-hybridized carbons (Fsp3) is 0.630. The molecule has 0 saturated carbocycles. The molecule has 0 bridgehead atoms. The Labute approximate surface area is 354 Å². The SMILES string of the molecule is CC/C=C\C/C=C\C/C=C\C/C=C\CCCCCCC(=O)OC[C@H](COP(=O)(O)OC[C@H](N)C(=O)O)OC(=O)CCC/C=C\CC1OC1C/C=C\C/C=C\CCCCC. The number of phosphoric acid groups is 1. The van der Waals surface area contributed by atoms with Crippen LogP contribution in [0.3, 0.4) is 0 Å². The number of unbranched alkanes of at least 4 members (excludes halogenated alkanes) is 8. The molecule has 0 aromatic carbocycles. The molecule has 0 aromatic heterocycles. The Morgan fingerprint density at radius 3 is 1.73 bits per heavy atom. The largest absolute Gasteiger partial charge is 0.480 e. The third-order valence-electron chi connectivity index (χ3n) is 9.03. The van der Waals surface area contributed by atoms with Crippen molar-refractivity contribution in [3.8, 4) is 0 Å². The summed E-state index contributed by atoms with van der Waals surface area (Å²) in [7, 11) is -4.75. The third kappa shape index (κ3) is 34.1. The predicted molar refractivity (Wildman–Crippen MR) is 235 cm³/mol. The number of hydrogen-bond acceptors (Lipinski definition) is 10. The van der Waals surface area contributed by atoms with Crippen LogP contribution >= 0.6 is 7.82 Å². The van der Waals surface area contributed by atoms with Crippen molar-refractivity contribution in [2.75, 3.05) is 19.8 Å². The van der Waals surface area contributed by atoms with Gasteiger partial charge in [-0.05, 0) is 89.9 Å². The number of carbonyl (C=O) groups is 3. The summed E-state index contributed by atoms with van der Waals surface area (Å²) < 4.78 is 38.4. The first kappa shape index (κ1) is 53.6. The highest BCUT2D eigenvalue weighted by Gasteiger charge is 2.36. The van der Waals surface area contributed by atoms with Gasteiger partial charge < -0.3 is 29.9 Å². The van der Waals surface area contributed by atoms with E-state index in [1.807, 2.05) is 6.08 Å². The van der Waals surface area contributed by atoms with Crippen LogP contribution in [-0.2, 0) is 42.2 Å². The van der Waals surface area contributed by atoms with Crippen molar-refractivity contribution < 1.29 is 52.2 Å². The second-order valence-electron chi connectivity index (χ2n) is 14.5. The predicted octanol–water partition coefficient (Wildman–Crippen LogP) is 10.5. The van der Waals surface area contributed by atoms with Crippen LogP contribution in [0.2, 0.25) is 0 Å². The lowest BCUT2D eigenvalue weighted by Crippen LogP contribution is -2.34. The average molecular weight is 848 g/mol. The minimum absolute atomic E-state index is 0.0663. The van der Waals surface area contributed by atoms with E-state index in [1.54, 1.807) is 0 Å². The van der Waals surface area contributed by atoms with Crippen LogP contribution in [-0.4, -0.2) is 72.1 Å². The number of epoxide rings is 1. The molecule has 13 heteroatoms. The van der Waals surface area contributed by atoms with Gasteiger partial charge in [-0.3, -0.25) is 23.4 Å². The van der Waals surface area contributed by atoms with E-state index in [4.69, 9.17) is 29.6 Å². The van der Waals surface area contributed by atoms with E-state index >= 15 is 0 Å². The molecule has 0 radical (unpaired) electrons. The number of carboxylic acids is 1. The monoisotopic (exact) mass is 847 g/mol. The molecular formula is C46H74NO11P. The molecule has 0 spiro atoms. The van der Waals surface area contributed by atoms with Crippen molar-refractivity contribution in [1.29, 1.82) is 0 Å². The minimum atomic E-state index is -4.75. The summed E-state index contributed by atoms with van der Waals surface area (Å²) in [6.07, 6.45) is 46.8. The van der Waals surface area contributed by atoms with Gasteiger partial charge in [-0.15, -0.1) is 0 Å². The molecule has 0 aromatic rings. The molecule has 1 aliphatic rings. The molecule has 1 aliphatic heterocycles. The molecule has 4 N–H and O–H groups in total. The van der Waals surface area contributed by atoms with Gasteiger partial charge in [0.1, 0.15) is 12.6 Å². The third-order valence-corrected chi connectivity index (χ3v) is 9.98. The van der Waals surface area contributed by atoms with Crippen molar-refractivity contribution >= 4 is 25.7 Å². The number of esters is 2. The summed E-state index contributed by atoms with van der Waals surface area (Å²) >= 11 is 0. The number of ether oxygens (including phenoxy) is 3. The molecule has 0 amide bonds. The van der Waals surface area contributed by atoms with Gasteiger partial charge in [-0.2, -0.15) is 0 Å². The van der Waals surface area contributed by atoms with E-state index in [2.05, 4.69) is 97.4 Å². The molecular weight excluding hydrogens is 773 g/mol. The minimum Gasteiger partial charge on any atom is -0.480 e. The average Bonchev–Trinajstić information content (AvgIpc) is 3.97. The van der Waals surface area contributed by atoms with Gasteiger partial charge in [0.15, 0.2) is 6.10 Å². The van der Waals surface area contributed by atoms with Crippen molar-refractivity contribution in [2.45, 2.75) is 167 Å². The Hall–Kier alpha value is -3.38. The summed E-state index contributed by atoms with van der Waals surface area (Å²) in [6, 6.07) is -1.54. The van der Waals surface area contributed by atoms with E-state index in [0.717, 1.165) is 77.0 Å². The van der Waals surface area contributed by atoms with Crippen LogP contribution in [0.25, 0.3) is 0 Å². The van der Waals surface area contributed by atoms with Gasteiger partial charge in [0.2, 0.25) is 0 Å². The maximum Gasteiger partial charge on any atom is 0.472 e. The molecule has 1 fully saturated rings. The normalized spacial score (nSPS) is 18.0. The lowest BCUT2D eigenvalue weighted by Gasteiger charge is -2.20. The summed E-state index contributed by atoms with van der Waals surface area (Å²) in [5.74, 6) is -2.51. The summed E-state index contributed by atoms with van der Waals surface area (Å²) in [4.78, 5) is 46.0. The number of rotatable bonds is 38. The summed E-state index contributed by atoms with van der Waals surface area (Å²) in [6.45, 7) is 2.54. The van der Waals surface area contributed by atoms with E-state index in [9.17, 15) is 23.8 Å². The Kier molecular flexibility index (Phi) is 33.2. The number of allylic oxidation sites excluding steroid dienone is 12. The first-order valence-electron chi connectivity index (χ1n) is 21.7. The van der Waals surface area contributed by atoms with E-state index < -0.39 is 57.7 Å². The Morgan fingerprint density at radius 1 is 0.627 bits per heavy atom. The lowest BCUT2D eigenvalue weighted by molar-refractivity contribution is -0.161. The zero-order chi connectivity index (χ0) is 43.2. The van der Waals surface area contributed by atoms with Crippen molar-refractivity contribution in [1.82, 2.24) is 0 Å². The molecule has 59 heavy (non-hydrogen) atoms. The number of hydrogen-bond donors (Lipinski definition) is 3. The topological polar surface area (TPSA) is 184 Å². The molecule has 1 saturated heterocycles. The van der Waals surface area contributed by atoms with Gasteiger partial charge in [-0.1, -0.05) is 125 Å². The van der Waals surface area contributed by atoms with Crippen LogP contribution in [0.5, 0.6) is 0 Å². The van der Waals surface area contributed by atoms with Gasteiger partial charge in [-0.25, -0.2) is 4.57 Å². The van der Waals surface area contributed by atoms with Crippen LogP contribution in [0, 0.1) is 0 Å². The van der Waals surface area contributed by atoms with Crippen LogP contribution in [0.15, 0.2) is 85.1 Å². The standard InChI is InChI=1S/C46H74NO11P/c1-3-5-7-9-11-13-14-15-16-17-18-19-20-22-24-26-31-35-44(48)54-37-40(38-55-59(52,53)56-39-41(47)46(50)51)57-45(49)36-32-28-27-30-34-43-42(58-43)33-29-25-23-21-12-10-8-6-4-2/h5,7,11-13,15-16,18-19,21,25,27,29-30,40-43H,3-4,6,8-10,14,17,20,22-24,26,28,31-39,47H2,1-2H3,(H,50,51)(H,52,53)/b7-5-,13-11-,16-15-,19-18-,21-12-,29-25-,30-27-/t40-,41+,42?,43?/m1/s1. The van der Waals surface area contributed by atoms with Gasteiger partial charge in [0.05, 0.1) is 25.4 Å². The van der Waals surface area contributed by atoms with Crippen LogP contribution < -0.4 is 5.73 Å². The number of carboxylic acid groups (broad SMARTS) is 1. The van der Waals surface area contributed by atoms with Crippen molar-refractivity contribution in [3.63, 3.8) is 0 Å². The fourth-order valence-corrected chi connectivity index (χ4v) is 6.28. The van der Waals surface area contributed by atoms with Gasteiger partial charge in [0.25, 0.3) is 0 Å². The van der Waals surface area contributed by atoms with Crippen LogP contribution in [0.1, 0.15) is 142 Å². The second-order valence-corrected chi connectivity index (χ2v) is 15.9. The zero-order valence-electron chi connectivity index (χ0n) is 35.7. The van der Waals surface area contributed by atoms with E-state index in [-0.39, 0.29) is 25.0 Å². The maximum atomic E-state index is 12.6. The van der Waals surface area contributed by atoms with Crippen molar-refractivity contribution in [2.24, 2.45) is 5.73 Å². The Bertz CT molecular complexity index is 1390. The number of nitrogens with two attached hydrogens (primary N) is 1. The molecule has 12 nitrogen and oxygen atoms in total. The van der Waals surface area contributed by atoms with E-state index in [1.165, 1.54) is 19.3 Å². The number of aliphatic carboxylic acids is 1. The van der Waals surface area contributed by atoms with Crippen LogP contribution in [0.4, 0.5) is 0 Å². The lowest BCUT2D eigenvalue weighted by atomic mass is 10.1. The molecule has 3 unspecified atom stereocenters. The molecule has 5 atom stereocenters. The summed E-state index contributed by atoms with van der Waals surface area (Å²) in [5.41, 5.74) is 5.33. The first-order chi connectivity index (χ1) is 28.6.